The quantitative estimate of drug-likeness (QED) is 0.704. The van der Waals surface area contributed by atoms with Crippen LogP contribution < -0.4 is 0 Å². The molecule has 2 aromatic rings. The third-order valence-electron chi connectivity index (χ3n) is 5.02. The van der Waals surface area contributed by atoms with Crippen LogP contribution in [-0.2, 0) is 13.1 Å². The van der Waals surface area contributed by atoms with Gasteiger partial charge in [-0.1, -0.05) is 30.8 Å². The van der Waals surface area contributed by atoms with Gasteiger partial charge in [0.1, 0.15) is 13.1 Å². The van der Waals surface area contributed by atoms with E-state index in [2.05, 4.69) is 57.7 Å². The molecule has 1 aliphatic heterocycles. The normalized spacial score (nSPS) is 16.4. The first-order valence-corrected chi connectivity index (χ1v) is 7.64. The summed E-state index contributed by atoms with van der Waals surface area (Å²) >= 11 is 0. The summed E-state index contributed by atoms with van der Waals surface area (Å²) < 4.78 is 1.19. The van der Waals surface area contributed by atoms with Gasteiger partial charge in [0.25, 0.3) is 0 Å². The first-order chi connectivity index (χ1) is 9.60. The second-order valence-corrected chi connectivity index (χ2v) is 6.18. The molecule has 0 radical (unpaired) electrons. The van der Waals surface area contributed by atoms with E-state index < -0.39 is 0 Å². The number of hydrogen-bond donors (Lipinski definition) is 0. The predicted octanol–water partition coefficient (Wildman–Crippen LogP) is 4.74. The lowest BCUT2D eigenvalue weighted by Crippen LogP contribution is -2.42. The second kappa shape index (κ2) is 4.75. The summed E-state index contributed by atoms with van der Waals surface area (Å²) in [5, 5.41) is 2.72. The summed E-state index contributed by atoms with van der Waals surface area (Å²) in [5.41, 5.74) is 5.68. The summed E-state index contributed by atoms with van der Waals surface area (Å²) in [4.78, 5) is 0. The minimum absolute atomic E-state index is 1.16. The minimum atomic E-state index is 1.16. The Balaban J connectivity index is 2.28. The van der Waals surface area contributed by atoms with Crippen molar-refractivity contribution < 1.29 is 4.48 Å². The van der Waals surface area contributed by atoms with Crippen LogP contribution in [0.15, 0.2) is 36.9 Å². The molecule has 0 saturated heterocycles. The molecule has 0 amide bonds. The van der Waals surface area contributed by atoms with E-state index in [4.69, 9.17) is 0 Å². The largest absolute Gasteiger partial charge is 0.317 e. The van der Waals surface area contributed by atoms with E-state index in [1.807, 2.05) is 0 Å². The highest BCUT2D eigenvalue weighted by molar-refractivity contribution is 5.95. The van der Waals surface area contributed by atoms with E-state index in [0.717, 1.165) is 6.54 Å². The van der Waals surface area contributed by atoms with E-state index in [9.17, 15) is 0 Å². The fraction of sp³-hybridized carbons (Fsp3) is 0.368. The number of fused-ring (bicyclic) bond motifs is 2. The highest BCUT2D eigenvalue weighted by Crippen LogP contribution is 2.38. The molecule has 0 atom stereocenters. The highest BCUT2D eigenvalue weighted by Gasteiger charge is 2.35. The van der Waals surface area contributed by atoms with Gasteiger partial charge in [0.2, 0.25) is 0 Å². The van der Waals surface area contributed by atoms with Gasteiger partial charge in [-0.15, -0.1) is 0 Å². The van der Waals surface area contributed by atoms with Crippen molar-refractivity contribution in [1.29, 1.82) is 0 Å². The van der Waals surface area contributed by atoms with Crippen LogP contribution >= 0.6 is 0 Å². The van der Waals surface area contributed by atoms with Crippen LogP contribution in [0.1, 0.15) is 37.5 Å². The summed E-state index contributed by atoms with van der Waals surface area (Å²) in [6, 6.07) is 11.1. The highest BCUT2D eigenvalue weighted by atomic mass is 15.4. The average Bonchev–Trinajstić information content (AvgIpc) is 2.82. The number of benzene rings is 2. The average molecular weight is 266 g/mol. The Morgan fingerprint density at radius 3 is 2.50 bits per heavy atom. The first-order valence-electron chi connectivity index (χ1n) is 7.64. The Hall–Kier alpha value is -1.60. The maximum absolute atomic E-state index is 4.25. The predicted molar refractivity (Wildman–Crippen MR) is 87.4 cm³/mol. The van der Waals surface area contributed by atoms with E-state index in [-0.39, 0.29) is 0 Å². The molecule has 0 N–H and O–H groups in total. The molecule has 0 aliphatic carbocycles. The standard InChI is InChI=1S/C19H24N/c1-5-20(6-2)12-16-11-15-9-7-8-10-17(15)19(14(3)4)18(16)13-20/h7-11H,3,5-6,12-13H2,1-2,4H3/q+1. The maximum Gasteiger partial charge on any atom is 0.106 e. The van der Waals surface area contributed by atoms with Crippen molar-refractivity contribution >= 4 is 16.3 Å². The number of nitrogens with zero attached hydrogens (tertiary/aromatic N) is 1. The third kappa shape index (κ3) is 1.89. The zero-order chi connectivity index (χ0) is 14.3. The van der Waals surface area contributed by atoms with Gasteiger partial charge in [-0.25, -0.2) is 0 Å². The van der Waals surface area contributed by atoms with E-state index in [0.29, 0.717) is 0 Å². The van der Waals surface area contributed by atoms with E-state index in [1.54, 1.807) is 5.56 Å². The van der Waals surface area contributed by atoms with Crippen molar-refractivity contribution in [3.63, 3.8) is 0 Å². The van der Waals surface area contributed by atoms with Gasteiger partial charge in [0.05, 0.1) is 13.1 Å². The molecular formula is C19H24N+. The minimum Gasteiger partial charge on any atom is -0.317 e. The van der Waals surface area contributed by atoms with E-state index in [1.165, 1.54) is 51.6 Å². The molecule has 0 spiro atoms. The Labute approximate surface area is 122 Å². The zero-order valence-electron chi connectivity index (χ0n) is 12.9. The number of quaternary nitrogens is 1. The van der Waals surface area contributed by atoms with E-state index >= 15 is 0 Å². The summed E-state index contributed by atoms with van der Waals surface area (Å²) in [6.07, 6.45) is 0. The summed E-state index contributed by atoms with van der Waals surface area (Å²) in [6.45, 7) is 15.8. The molecule has 0 bridgehead atoms. The lowest BCUT2D eigenvalue weighted by molar-refractivity contribution is -0.944. The molecule has 1 heteroatoms. The number of hydrogen-bond acceptors (Lipinski definition) is 0. The van der Waals surface area contributed by atoms with Crippen LogP contribution in [0.4, 0.5) is 0 Å². The molecule has 0 fully saturated rings. The van der Waals surface area contributed by atoms with Crippen molar-refractivity contribution in [2.45, 2.75) is 33.9 Å². The molecule has 3 rings (SSSR count). The Morgan fingerprint density at radius 1 is 1.15 bits per heavy atom. The Bertz CT molecular complexity index is 677. The molecule has 0 saturated carbocycles. The second-order valence-electron chi connectivity index (χ2n) is 6.18. The van der Waals surface area contributed by atoms with Gasteiger partial charge in [0.15, 0.2) is 0 Å². The van der Waals surface area contributed by atoms with Gasteiger partial charge in [-0.05, 0) is 48.7 Å². The number of rotatable bonds is 3. The monoisotopic (exact) mass is 266 g/mol. The van der Waals surface area contributed by atoms with Crippen LogP contribution in [0.5, 0.6) is 0 Å². The lowest BCUT2D eigenvalue weighted by atomic mass is 9.92. The van der Waals surface area contributed by atoms with Gasteiger partial charge in [0, 0.05) is 11.1 Å². The van der Waals surface area contributed by atoms with Crippen molar-refractivity contribution in [3.8, 4) is 0 Å². The molecule has 1 aliphatic rings. The zero-order valence-corrected chi connectivity index (χ0v) is 12.9. The van der Waals surface area contributed by atoms with Crippen LogP contribution in [0.2, 0.25) is 0 Å². The molecule has 20 heavy (non-hydrogen) atoms. The molecule has 0 aromatic heterocycles. The SMILES string of the molecule is C=C(C)c1c2c(cc3ccccc13)C[N+](CC)(CC)C2. The summed E-state index contributed by atoms with van der Waals surface area (Å²) in [7, 11) is 0. The number of allylic oxidation sites excluding steroid dienone is 1. The van der Waals surface area contributed by atoms with Crippen molar-refractivity contribution in [2.24, 2.45) is 0 Å². The lowest BCUT2D eigenvalue weighted by Gasteiger charge is -2.31. The van der Waals surface area contributed by atoms with Gasteiger partial charge in [-0.2, -0.15) is 0 Å². The van der Waals surface area contributed by atoms with Crippen LogP contribution in [0, 0.1) is 0 Å². The first kappa shape index (κ1) is 13.4. The van der Waals surface area contributed by atoms with Crippen molar-refractivity contribution in [3.05, 3.63) is 53.6 Å². The Morgan fingerprint density at radius 2 is 1.85 bits per heavy atom. The fourth-order valence-electron chi connectivity index (χ4n) is 3.68. The maximum atomic E-state index is 4.25. The molecule has 1 nitrogen and oxygen atoms in total. The molecule has 2 aromatic carbocycles. The molecule has 104 valence electrons. The molecular weight excluding hydrogens is 242 g/mol. The van der Waals surface area contributed by atoms with Gasteiger partial charge < -0.3 is 4.48 Å². The van der Waals surface area contributed by atoms with Crippen molar-refractivity contribution in [1.82, 2.24) is 0 Å². The van der Waals surface area contributed by atoms with Crippen molar-refractivity contribution in [2.75, 3.05) is 13.1 Å². The van der Waals surface area contributed by atoms with Crippen LogP contribution in [0.3, 0.4) is 0 Å². The smallest absolute Gasteiger partial charge is 0.106 e. The molecule has 0 unspecified atom stereocenters. The van der Waals surface area contributed by atoms with Crippen LogP contribution in [-0.4, -0.2) is 17.6 Å². The third-order valence-corrected chi connectivity index (χ3v) is 5.02. The van der Waals surface area contributed by atoms with Gasteiger partial charge in [-0.3, -0.25) is 0 Å². The van der Waals surface area contributed by atoms with Crippen LogP contribution in [0.25, 0.3) is 16.3 Å². The summed E-state index contributed by atoms with van der Waals surface area (Å²) in [5.74, 6) is 0. The van der Waals surface area contributed by atoms with Gasteiger partial charge >= 0.3 is 0 Å². The fourth-order valence-corrected chi connectivity index (χ4v) is 3.68. The Kier molecular flexibility index (Phi) is 3.18. The molecule has 1 heterocycles. The topological polar surface area (TPSA) is 0 Å².